The Morgan fingerprint density at radius 2 is 2.54 bits per heavy atom. The van der Waals surface area contributed by atoms with Gasteiger partial charge in [0.1, 0.15) is 5.84 Å². The van der Waals surface area contributed by atoms with E-state index in [-0.39, 0.29) is 0 Å². The number of unbranched alkanes of at least 4 members (excludes halogenated alkanes) is 1. The third-order valence-electron chi connectivity index (χ3n) is 1.61. The molecule has 1 heterocycles. The second-order valence-corrected chi connectivity index (χ2v) is 3.50. The quantitative estimate of drug-likeness (QED) is 0.561. The number of hydrogen-bond acceptors (Lipinski definition) is 2. The maximum Gasteiger partial charge on any atom is 0.130 e. The van der Waals surface area contributed by atoms with Crippen LogP contribution in [0.3, 0.4) is 0 Å². The molecule has 3 heteroatoms. The molecule has 0 saturated heterocycles. The van der Waals surface area contributed by atoms with Crippen molar-refractivity contribution in [2.45, 2.75) is 19.8 Å². The van der Waals surface area contributed by atoms with Gasteiger partial charge in [0.05, 0.1) is 0 Å². The van der Waals surface area contributed by atoms with Gasteiger partial charge < -0.3 is 5.32 Å². The van der Waals surface area contributed by atoms with Crippen LogP contribution in [0.25, 0.3) is 0 Å². The minimum absolute atomic E-state index is 0.466. The van der Waals surface area contributed by atoms with Crippen LogP contribution in [-0.2, 0) is 0 Å². The Labute approximate surface area is 82.8 Å². The molecule has 0 bridgehead atoms. The number of amidine groups is 1. The molecule has 0 amide bonds. The summed E-state index contributed by atoms with van der Waals surface area (Å²) in [5.74, 6) is 0.466. The molecular formula is C10H14N2S. The van der Waals surface area contributed by atoms with Crippen molar-refractivity contribution in [3.8, 4) is 0 Å². The van der Waals surface area contributed by atoms with Crippen molar-refractivity contribution in [2.75, 3.05) is 0 Å². The van der Waals surface area contributed by atoms with Gasteiger partial charge in [-0.1, -0.05) is 19.4 Å². The lowest BCUT2D eigenvalue weighted by Gasteiger charge is -1.98. The van der Waals surface area contributed by atoms with E-state index in [1.807, 2.05) is 29.1 Å². The minimum Gasteiger partial charge on any atom is -0.347 e. The van der Waals surface area contributed by atoms with Crippen LogP contribution in [-0.4, -0.2) is 5.84 Å². The molecule has 70 valence electrons. The Morgan fingerprint density at radius 1 is 1.69 bits per heavy atom. The fraction of sp³-hybridized carbons (Fsp3) is 0.300. The monoisotopic (exact) mass is 194 g/mol. The molecule has 0 atom stereocenters. The minimum atomic E-state index is 0.466. The lowest BCUT2D eigenvalue weighted by Crippen LogP contribution is -2.15. The van der Waals surface area contributed by atoms with Crippen molar-refractivity contribution in [1.29, 1.82) is 5.41 Å². The van der Waals surface area contributed by atoms with E-state index in [9.17, 15) is 0 Å². The Balaban J connectivity index is 2.34. The first-order valence-electron chi connectivity index (χ1n) is 4.37. The highest BCUT2D eigenvalue weighted by molar-refractivity contribution is 7.08. The molecule has 1 aromatic rings. The average Bonchev–Trinajstić information content (AvgIpc) is 2.65. The fourth-order valence-corrected chi connectivity index (χ4v) is 1.53. The van der Waals surface area contributed by atoms with Gasteiger partial charge in [-0.15, -0.1) is 0 Å². The van der Waals surface area contributed by atoms with Crippen LogP contribution in [0.1, 0.15) is 25.3 Å². The zero-order chi connectivity index (χ0) is 9.52. The first kappa shape index (κ1) is 9.99. The Kier molecular flexibility index (Phi) is 4.26. The van der Waals surface area contributed by atoms with E-state index < -0.39 is 0 Å². The normalized spacial score (nSPS) is 10.5. The number of thiophene rings is 1. The van der Waals surface area contributed by atoms with E-state index in [1.165, 1.54) is 0 Å². The molecule has 0 radical (unpaired) electrons. The van der Waals surface area contributed by atoms with Crippen LogP contribution in [0.2, 0.25) is 0 Å². The molecule has 13 heavy (non-hydrogen) atoms. The molecule has 0 saturated carbocycles. The third kappa shape index (κ3) is 3.42. The van der Waals surface area contributed by atoms with Crippen LogP contribution in [0.15, 0.2) is 29.1 Å². The molecule has 0 spiro atoms. The Hall–Kier alpha value is -1.09. The van der Waals surface area contributed by atoms with Crippen LogP contribution < -0.4 is 5.32 Å². The molecule has 1 rings (SSSR count). The molecule has 0 unspecified atom stereocenters. The van der Waals surface area contributed by atoms with E-state index in [0.29, 0.717) is 5.84 Å². The molecule has 1 aromatic heterocycles. The summed E-state index contributed by atoms with van der Waals surface area (Å²) >= 11 is 1.61. The van der Waals surface area contributed by atoms with Gasteiger partial charge in [0.25, 0.3) is 0 Å². The van der Waals surface area contributed by atoms with Crippen LogP contribution >= 0.6 is 11.3 Å². The summed E-state index contributed by atoms with van der Waals surface area (Å²) in [7, 11) is 0. The highest BCUT2D eigenvalue weighted by Gasteiger charge is 1.96. The summed E-state index contributed by atoms with van der Waals surface area (Å²) in [6.45, 7) is 2.13. The Morgan fingerprint density at radius 3 is 3.15 bits per heavy atom. The zero-order valence-electron chi connectivity index (χ0n) is 7.71. The van der Waals surface area contributed by atoms with Gasteiger partial charge in [-0.05, 0) is 24.1 Å². The summed E-state index contributed by atoms with van der Waals surface area (Å²) in [4.78, 5) is 0. The largest absolute Gasteiger partial charge is 0.347 e. The van der Waals surface area contributed by atoms with Gasteiger partial charge >= 0.3 is 0 Å². The van der Waals surface area contributed by atoms with Crippen molar-refractivity contribution in [2.24, 2.45) is 0 Å². The maximum atomic E-state index is 7.63. The lowest BCUT2D eigenvalue weighted by atomic mass is 10.3. The summed E-state index contributed by atoms with van der Waals surface area (Å²) in [6, 6.07) is 1.94. The van der Waals surface area contributed by atoms with Crippen LogP contribution in [0.4, 0.5) is 0 Å². The topological polar surface area (TPSA) is 35.9 Å². The maximum absolute atomic E-state index is 7.63. The molecule has 0 aliphatic heterocycles. The van der Waals surface area contributed by atoms with Gasteiger partial charge in [0.15, 0.2) is 0 Å². The Bertz CT molecular complexity index is 275. The summed E-state index contributed by atoms with van der Waals surface area (Å²) in [6.07, 6.45) is 6.08. The first-order chi connectivity index (χ1) is 6.34. The van der Waals surface area contributed by atoms with Crippen LogP contribution in [0.5, 0.6) is 0 Å². The highest BCUT2D eigenvalue weighted by Crippen LogP contribution is 2.04. The predicted octanol–water partition coefficient (Wildman–Crippen LogP) is 2.98. The lowest BCUT2D eigenvalue weighted by molar-refractivity contribution is 0.951. The number of allylic oxidation sites excluding steroid dienone is 1. The number of nitrogens with one attached hydrogen (secondary N) is 2. The standard InChI is InChI=1S/C10H14N2S/c1-2-3-4-6-12-10(11)9-5-7-13-8-9/h4-8H,2-3H2,1H3,(H2,11,12)/b6-4+. The van der Waals surface area contributed by atoms with Crippen molar-refractivity contribution < 1.29 is 0 Å². The molecule has 0 aliphatic carbocycles. The van der Waals surface area contributed by atoms with Crippen LogP contribution in [0, 0.1) is 5.41 Å². The summed E-state index contributed by atoms with van der Waals surface area (Å²) < 4.78 is 0. The van der Waals surface area contributed by atoms with Crippen molar-refractivity contribution in [3.63, 3.8) is 0 Å². The van der Waals surface area contributed by atoms with E-state index in [2.05, 4.69) is 12.2 Å². The molecule has 0 fully saturated rings. The molecule has 0 aliphatic rings. The van der Waals surface area contributed by atoms with Crippen molar-refractivity contribution in [3.05, 3.63) is 34.7 Å². The summed E-state index contributed by atoms with van der Waals surface area (Å²) in [5, 5.41) is 14.5. The molecule has 2 nitrogen and oxygen atoms in total. The number of rotatable bonds is 4. The van der Waals surface area contributed by atoms with Gasteiger partial charge in [0, 0.05) is 10.9 Å². The third-order valence-corrected chi connectivity index (χ3v) is 2.29. The molecular weight excluding hydrogens is 180 g/mol. The van der Waals surface area contributed by atoms with E-state index >= 15 is 0 Å². The summed E-state index contributed by atoms with van der Waals surface area (Å²) in [5.41, 5.74) is 0.950. The van der Waals surface area contributed by atoms with Gasteiger partial charge in [0.2, 0.25) is 0 Å². The molecule has 0 aromatic carbocycles. The SMILES string of the molecule is CCC/C=C/NC(=N)c1ccsc1. The first-order valence-corrected chi connectivity index (χ1v) is 5.31. The average molecular weight is 194 g/mol. The van der Waals surface area contributed by atoms with Gasteiger partial charge in [-0.3, -0.25) is 5.41 Å². The van der Waals surface area contributed by atoms with Crippen molar-refractivity contribution >= 4 is 17.2 Å². The van der Waals surface area contributed by atoms with E-state index in [0.717, 1.165) is 18.4 Å². The van der Waals surface area contributed by atoms with E-state index in [1.54, 1.807) is 11.3 Å². The smallest absolute Gasteiger partial charge is 0.130 e. The van der Waals surface area contributed by atoms with E-state index in [4.69, 9.17) is 5.41 Å². The predicted molar refractivity (Wildman–Crippen MR) is 58.3 cm³/mol. The second kappa shape index (κ2) is 5.54. The second-order valence-electron chi connectivity index (χ2n) is 2.72. The highest BCUT2D eigenvalue weighted by atomic mass is 32.1. The van der Waals surface area contributed by atoms with Crippen molar-refractivity contribution in [1.82, 2.24) is 5.32 Å². The fourth-order valence-electron chi connectivity index (χ4n) is 0.882. The molecule has 2 N–H and O–H groups in total. The van der Waals surface area contributed by atoms with Gasteiger partial charge in [-0.25, -0.2) is 0 Å². The zero-order valence-corrected chi connectivity index (χ0v) is 8.53. The number of hydrogen-bond donors (Lipinski definition) is 2. The van der Waals surface area contributed by atoms with Gasteiger partial charge in [-0.2, -0.15) is 11.3 Å².